The lowest BCUT2D eigenvalue weighted by molar-refractivity contribution is -0.606. The average molecular weight is 547 g/mol. The quantitative estimate of drug-likeness (QED) is 0.158. The number of esters is 1. The first kappa shape index (κ1) is 28.8. The summed E-state index contributed by atoms with van der Waals surface area (Å²) in [5, 5.41) is 15.5. The van der Waals surface area contributed by atoms with Crippen molar-refractivity contribution in [1.82, 2.24) is 10.3 Å². The van der Waals surface area contributed by atoms with Gasteiger partial charge in [-0.05, 0) is 47.2 Å². The molecule has 7 nitrogen and oxygen atoms in total. The molecule has 9 heteroatoms. The summed E-state index contributed by atoms with van der Waals surface area (Å²) in [6.45, 7) is 2.74. The third-order valence-electron chi connectivity index (χ3n) is 6.43. The molecule has 208 valence electrons. The molecule has 0 aliphatic heterocycles. The zero-order chi connectivity index (χ0) is 28.5. The number of aryl methyl sites for hydroxylation is 1. The van der Waals surface area contributed by atoms with E-state index >= 15 is 0 Å². The van der Waals surface area contributed by atoms with Gasteiger partial charge >= 0.3 is 5.97 Å². The number of aromatic nitrogens is 2. The fourth-order valence-corrected chi connectivity index (χ4v) is 4.43. The molecular formula is C31H32F2N4O3. The van der Waals surface area contributed by atoms with Crippen LogP contribution < -0.4 is 15.8 Å². The smallest absolute Gasteiger partial charge is 0.363 e. The molecule has 0 bridgehead atoms. The molecule has 2 unspecified atom stereocenters. The second-order valence-corrected chi connectivity index (χ2v) is 9.66. The number of carbonyl (C=O) groups excluding carboxylic acids is 1. The molecule has 0 saturated carbocycles. The van der Waals surface area contributed by atoms with E-state index in [9.17, 15) is 18.8 Å². The van der Waals surface area contributed by atoms with E-state index < -0.39 is 29.7 Å². The van der Waals surface area contributed by atoms with Gasteiger partial charge < -0.3 is 21.0 Å². The van der Waals surface area contributed by atoms with Crippen LogP contribution in [0.15, 0.2) is 85.2 Å². The Balaban J connectivity index is 1.50. The highest BCUT2D eigenvalue weighted by Gasteiger charge is 2.26. The highest BCUT2D eigenvalue weighted by Crippen LogP contribution is 2.14. The minimum atomic E-state index is -0.882. The van der Waals surface area contributed by atoms with E-state index in [1.807, 2.05) is 48.5 Å². The number of rotatable bonds is 12. The molecule has 4 aromatic rings. The van der Waals surface area contributed by atoms with Crippen LogP contribution in [0.4, 0.5) is 8.78 Å². The van der Waals surface area contributed by atoms with Gasteiger partial charge in [0.25, 0.3) is 0 Å². The lowest BCUT2D eigenvalue weighted by Gasteiger charge is -2.24. The lowest BCUT2D eigenvalue weighted by atomic mass is 10.0. The summed E-state index contributed by atoms with van der Waals surface area (Å²) in [4.78, 5) is 17.5. The van der Waals surface area contributed by atoms with Crippen molar-refractivity contribution >= 4 is 5.97 Å². The molecule has 0 saturated heterocycles. The number of benzene rings is 3. The first-order valence-electron chi connectivity index (χ1n) is 13.1. The Bertz CT molecular complexity index is 1420. The van der Waals surface area contributed by atoms with Crippen molar-refractivity contribution in [3.8, 4) is 0 Å². The van der Waals surface area contributed by atoms with Crippen molar-refractivity contribution in [2.24, 2.45) is 5.73 Å². The van der Waals surface area contributed by atoms with E-state index in [0.717, 1.165) is 29.8 Å². The number of carbonyl (C=O) groups is 1. The van der Waals surface area contributed by atoms with Gasteiger partial charge in [0.15, 0.2) is 0 Å². The topological polar surface area (TPSA) is 104 Å². The molecular weight excluding hydrogens is 514 g/mol. The lowest BCUT2D eigenvalue weighted by Crippen LogP contribution is -2.46. The van der Waals surface area contributed by atoms with Crippen molar-refractivity contribution in [2.75, 3.05) is 6.54 Å². The fourth-order valence-electron chi connectivity index (χ4n) is 4.43. The van der Waals surface area contributed by atoms with Crippen molar-refractivity contribution in [3.63, 3.8) is 0 Å². The molecule has 0 spiro atoms. The first-order valence-corrected chi connectivity index (χ1v) is 13.1. The second-order valence-electron chi connectivity index (χ2n) is 9.66. The Morgan fingerprint density at radius 3 is 2.40 bits per heavy atom. The van der Waals surface area contributed by atoms with Crippen molar-refractivity contribution in [1.29, 1.82) is 0 Å². The van der Waals surface area contributed by atoms with E-state index in [0.29, 0.717) is 29.0 Å². The minimum absolute atomic E-state index is 0.0582. The van der Waals surface area contributed by atoms with Gasteiger partial charge in [0, 0.05) is 31.6 Å². The molecule has 0 aliphatic carbocycles. The van der Waals surface area contributed by atoms with Gasteiger partial charge in [-0.2, -0.15) is 4.73 Å². The molecule has 3 aromatic carbocycles. The summed E-state index contributed by atoms with van der Waals surface area (Å²) in [5.41, 5.74) is 10.2. The maximum Gasteiger partial charge on any atom is 0.363 e. The van der Waals surface area contributed by atoms with Crippen LogP contribution in [0, 0.1) is 16.8 Å². The largest absolute Gasteiger partial charge is 0.619 e. The Kier molecular flexibility index (Phi) is 9.88. The first-order chi connectivity index (χ1) is 19.3. The number of ether oxygens (including phenoxy) is 1. The van der Waals surface area contributed by atoms with E-state index in [1.54, 1.807) is 0 Å². The van der Waals surface area contributed by atoms with Crippen LogP contribution in [-0.2, 0) is 30.5 Å². The van der Waals surface area contributed by atoms with Gasteiger partial charge in [0.1, 0.15) is 23.4 Å². The van der Waals surface area contributed by atoms with Crippen LogP contribution in [0.3, 0.4) is 0 Å². The van der Waals surface area contributed by atoms with Crippen LogP contribution in [0.2, 0.25) is 0 Å². The monoisotopic (exact) mass is 546 g/mol. The van der Waals surface area contributed by atoms with Crippen molar-refractivity contribution in [2.45, 2.75) is 44.9 Å². The number of nitrogens with one attached hydrogen (secondary N) is 1. The molecule has 0 fully saturated rings. The summed E-state index contributed by atoms with van der Waals surface area (Å²) >= 11 is 0. The van der Waals surface area contributed by atoms with Crippen molar-refractivity contribution < 1.29 is 23.0 Å². The summed E-state index contributed by atoms with van der Waals surface area (Å²) in [6, 6.07) is 19.9. The Morgan fingerprint density at radius 1 is 0.975 bits per heavy atom. The third-order valence-corrected chi connectivity index (χ3v) is 6.43. The average Bonchev–Trinajstić information content (AvgIpc) is 2.92. The Hall–Kier alpha value is -4.21. The summed E-state index contributed by atoms with van der Waals surface area (Å²) < 4.78 is 33.8. The highest BCUT2D eigenvalue weighted by molar-refractivity contribution is 5.86. The highest BCUT2D eigenvalue weighted by atomic mass is 19.1. The van der Waals surface area contributed by atoms with Gasteiger partial charge in [0.2, 0.25) is 18.1 Å². The molecule has 40 heavy (non-hydrogen) atoms. The van der Waals surface area contributed by atoms with Gasteiger partial charge in [-0.25, -0.2) is 18.6 Å². The maximum atomic E-state index is 13.8. The number of nitrogens with zero attached hydrogens (tertiary/aromatic N) is 2. The van der Waals surface area contributed by atoms with Gasteiger partial charge in [-0.15, -0.1) is 0 Å². The van der Waals surface area contributed by atoms with Gasteiger partial charge in [0.05, 0.1) is 0 Å². The van der Waals surface area contributed by atoms with Gasteiger partial charge in [-0.3, -0.25) is 0 Å². The minimum Gasteiger partial charge on any atom is -0.619 e. The molecule has 2 atom stereocenters. The van der Waals surface area contributed by atoms with E-state index in [2.05, 4.69) is 23.3 Å². The normalized spacial score (nSPS) is 12.6. The predicted molar refractivity (Wildman–Crippen MR) is 147 cm³/mol. The molecule has 4 rings (SSSR count). The van der Waals surface area contributed by atoms with E-state index in [-0.39, 0.29) is 18.7 Å². The Labute approximate surface area is 232 Å². The third kappa shape index (κ3) is 8.39. The SMILES string of the molecule is CCc1cccc(CNCC(OC(=O)c2c[n+]([O-])cc(Cc3ccccc3)n2)C(N)Cc2cc(F)cc(F)c2)c1. The summed E-state index contributed by atoms with van der Waals surface area (Å²) in [7, 11) is 0. The molecule has 0 aliphatic rings. The van der Waals surface area contributed by atoms with Crippen LogP contribution >= 0.6 is 0 Å². The number of hydrogen-bond donors (Lipinski definition) is 2. The fraction of sp³-hybridized carbons (Fsp3) is 0.258. The molecule has 0 radical (unpaired) electrons. The standard InChI is InChI=1S/C31H32F2N4O3/c1-2-21-9-6-10-23(11-21)17-35-18-30(28(34)15-24-12-25(32)16-26(33)13-24)40-31(38)29-20-37(39)19-27(36-29)14-22-7-4-3-5-8-22/h3-13,16,19-20,28,30,35H,2,14-15,17-18,34H2,1H3. The zero-order valence-electron chi connectivity index (χ0n) is 22.2. The molecule has 1 heterocycles. The van der Waals surface area contributed by atoms with Crippen LogP contribution in [-0.4, -0.2) is 29.6 Å². The van der Waals surface area contributed by atoms with Crippen LogP contribution in [0.1, 0.15) is 45.4 Å². The number of halogens is 2. The van der Waals surface area contributed by atoms with E-state index in [1.165, 1.54) is 23.9 Å². The molecule has 0 amide bonds. The number of nitrogens with two attached hydrogens (primary N) is 1. The van der Waals surface area contributed by atoms with Gasteiger partial charge in [-0.1, -0.05) is 61.5 Å². The molecule has 1 aromatic heterocycles. The van der Waals surface area contributed by atoms with Crippen LogP contribution in [0.5, 0.6) is 0 Å². The second kappa shape index (κ2) is 13.7. The molecule has 3 N–H and O–H groups in total. The Morgan fingerprint density at radius 2 is 1.68 bits per heavy atom. The number of hydrogen-bond acceptors (Lipinski definition) is 6. The predicted octanol–water partition coefficient (Wildman–Crippen LogP) is 4.03. The van der Waals surface area contributed by atoms with Crippen molar-refractivity contribution in [3.05, 3.63) is 136 Å². The zero-order valence-corrected chi connectivity index (χ0v) is 22.2. The van der Waals surface area contributed by atoms with E-state index in [4.69, 9.17) is 10.5 Å². The maximum absolute atomic E-state index is 13.8. The summed E-state index contributed by atoms with van der Waals surface area (Å²) in [5.74, 6) is -2.26. The van der Waals surface area contributed by atoms with Crippen LogP contribution in [0.25, 0.3) is 0 Å². The summed E-state index contributed by atoms with van der Waals surface area (Å²) in [6.07, 6.45) is 2.79.